The Morgan fingerprint density at radius 3 is 1.86 bits per heavy atom. The van der Waals surface area contributed by atoms with Gasteiger partial charge in [-0.1, -0.05) is 35.9 Å². The lowest BCUT2D eigenvalue weighted by Gasteiger charge is -2.10. The maximum Gasteiger partial charge on any atom is 0.178 e. The summed E-state index contributed by atoms with van der Waals surface area (Å²) in [5.74, 6) is 2.28. The van der Waals surface area contributed by atoms with Crippen molar-refractivity contribution in [1.82, 2.24) is 8.75 Å². The molecular formula is C10H5ClN2S. The molecule has 0 aliphatic heterocycles. The van der Waals surface area contributed by atoms with Crippen LogP contribution < -0.4 is 0 Å². The number of fused-ring (bicyclic) bond motifs is 1. The Morgan fingerprint density at radius 2 is 1.71 bits per heavy atom. The molecule has 0 spiro atoms. The summed E-state index contributed by atoms with van der Waals surface area (Å²) in [6, 6.07) is 8.48. The number of halogens is 1. The van der Waals surface area contributed by atoms with Crippen LogP contribution in [0.5, 0.6) is 0 Å². The Hall–Kier alpha value is -1.37. The minimum atomic E-state index is 0.317. The first-order chi connectivity index (χ1) is 6.81. The highest BCUT2D eigenvalue weighted by molar-refractivity contribution is 6.99. The van der Waals surface area contributed by atoms with Crippen molar-refractivity contribution in [2.45, 2.75) is 0 Å². The number of terminal acetylenes is 1. The minimum Gasteiger partial charge on any atom is -0.163 e. The average Bonchev–Trinajstić information content (AvgIpc) is 2.58. The van der Waals surface area contributed by atoms with E-state index in [0.717, 1.165) is 11.7 Å². The van der Waals surface area contributed by atoms with Gasteiger partial charge in [0.1, 0.15) is 0 Å². The fourth-order valence-electron chi connectivity index (χ4n) is 0.927. The molecule has 0 fully saturated rings. The van der Waals surface area contributed by atoms with Crippen LogP contribution in [0, 0.1) is 12.3 Å². The monoisotopic (exact) mass is 220 g/mol. The summed E-state index contributed by atoms with van der Waals surface area (Å²) in [5.41, 5.74) is 3.28. The van der Waals surface area contributed by atoms with Crippen LogP contribution in [0.3, 0.4) is 0 Å². The lowest BCUT2D eigenvalue weighted by Crippen LogP contribution is -1.85. The number of aromatic nitrogens is 2. The van der Waals surface area contributed by atoms with E-state index in [1.165, 1.54) is 11.1 Å². The number of benzene rings is 1. The third-order valence-corrected chi connectivity index (χ3v) is 2.70. The van der Waals surface area contributed by atoms with Gasteiger partial charge in [0.15, 0.2) is 10.8 Å². The third kappa shape index (κ3) is 1.63. The molecule has 0 unspecified atom stereocenters. The van der Waals surface area contributed by atoms with E-state index in [1.54, 1.807) is 0 Å². The Morgan fingerprint density at radius 1 is 1.14 bits per heavy atom. The van der Waals surface area contributed by atoms with E-state index in [-0.39, 0.29) is 0 Å². The molecule has 0 atom stereocenters. The smallest absolute Gasteiger partial charge is 0.163 e. The number of hydrogen-bond acceptors (Lipinski definition) is 3. The highest BCUT2D eigenvalue weighted by atomic mass is 35.5. The molecule has 4 heteroatoms. The molecular weight excluding hydrogens is 216 g/mol. The van der Waals surface area contributed by atoms with E-state index < -0.39 is 0 Å². The molecule has 0 amide bonds. The molecule has 1 heterocycles. The molecule has 0 saturated heterocycles. The first-order valence-corrected chi connectivity index (χ1v) is 4.97. The van der Waals surface area contributed by atoms with Gasteiger partial charge in [-0.2, -0.15) is 8.75 Å². The average molecular weight is 221 g/mol. The topological polar surface area (TPSA) is 25.8 Å². The summed E-state index contributed by atoms with van der Waals surface area (Å²) in [4.78, 5) is 0. The zero-order chi connectivity index (χ0) is 9.97. The molecule has 2 aliphatic carbocycles. The Bertz CT molecular complexity index is 461. The predicted molar refractivity (Wildman–Crippen MR) is 58.3 cm³/mol. The van der Waals surface area contributed by atoms with E-state index in [0.29, 0.717) is 10.8 Å². The van der Waals surface area contributed by atoms with Gasteiger partial charge in [0.2, 0.25) is 0 Å². The first-order valence-electron chi connectivity index (χ1n) is 3.86. The van der Waals surface area contributed by atoms with Crippen LogP contribution in [0.2, 0.25) is 5.15 Å². The van der Waals surface area contributed by atoms with Gasteiger partial charge in [-0.15, -0.1) is 6.42 Å². The van der Waals surface area contributed by atoms with Crippen molar-refractivity contribution in [1.29, 1.82) is 0 Å². The summed E-state index contributed by atoms with van der Waals surface area (Å²) < 4.78 is 7.34. The van der Waals surface area contributed by atoms with Gasteiger partial charge in [0, 0.05) is 0 Å². The summed E-state index contributed by atoms with van der Waals surface area (Å²) >= 11 is 6.45. The van der Waals surface area contributed by atoms with Crippen LogP contribution >= 0.6 is 23.3 Å². The minimum absolute atomic E-state index is 0.317. The van der Waals surface area contributed by atoms with Crippen LogP contribution in [-0.2, 0) is 0 Å². The van der Waals surface area contributed by atoms with E-state index in [4.69, 9.17) is 18.0 Å². The fraction of sp³-hybridized carbons (Fsp3) is 0. The van der Waals surface area contributed by atoms with Crippen LogP contribution in [-0.4, -0.2) is 8.75 Å². The zero-order valence-corrected chi connectivity index (χ0v) is 8.64. The van der Waals surface area contributed by atoms with Crippen molar-refractivity contribution in [3.05, 3.63) is 35.1 Å². The van der Waals surface area contributed by atoms with Crippen LogP contribution in [0.1, 0.15) is 5.69 Å². The van der Waals surface area contributed by atoms with E-state index in [2.05, 4.69) is 38.9 Å². The molecule has 0 aromatic carbocycles. The van der Waals surface area contributed by atoms with Gasteiger partial charge in [-0.25, -0.2) is 0 Å². The molecule has 2 nitrogen and oxygen atoms in total. The first kappa shape index (κ1) is 9.20. The normalized spacial score (nSPS) is 9.71. The van der Waals surface area contributed by atoms with Gasteiger partial charge < -0.3 is 0 Å². The highest BCUT2D eigenvalue weighted by Gasteiger charge is 2.04. The maximum atomic E-state index is 5.43. The molecule has 0 bridgehead atoms. The quantitative estimate of drug-likeness (QED) is 0.545. The van der Waals surface area contributed by atoms with Crippen LogP contribution in [0.25, 0.3) is 11.1 Å². The van der Waals surface area contributed by atoms with E-state index in [1.807, 2.05) is 0 Å². The van der Waals surface area contributed by atoms with Gasteiger partial charge >= 0.3 is 0 Å². The molecule has 68 valence electrons. The molecule has 0 N–H and O–H groups in total. The lowest BCUT2D eigenvalue weighted by molar-refractivity contribution is 1.47. The Labute approximate surface area is 90.9 Å². The number of rotatable bonds is 0. The van der Waals surface area contributed by atoms with E-state index >= 15 is 0 Å². The van der Waals surface area contributed by atoms with Crippen molar-refractivity contribution in [3.63, 3.8) is 0 Å². The van der Waals surface area contributed by atoms with Gasteiger partial charge in [0.25, 0.3) is 0 Å². The highest BCUT2D eigenvalue weighted by Crippen LogP contribution is 2.29. The number of hydrogen-bond donors (Lipinski definition) is 0. The summed E-state index contributed by atoms with van der Waals surface area (Å²) in [5, 5.41) is 0.317. The molecule has 1 aromatic heterocycles. The van der Waals surface area contributed by atoms with Gasteiger partial charge in [-0.05, 0) is 17.0 Å². The summed E-state index contributed by atoms with van der Waals surface area (Å²) in [7, 11) is 0. The summed E-state index contributed by atoms with van der Waals surface area (Å²) in [6.45, 7) is 0. The second-order valence-corrected chi connectivity index (χ2v) is 3.51. The zero-order valence-electron chi connectivity index (χ0n) is 7.07. The second-order valence-electron chi connectivity index (χ2n) is 2.63. The van der Waals surface area contributed by atoms with Crippen molar-refractivity contribution >= 4 is 23.3 Å². The van der Waals surface area contributed by atoms with Crippen molar-refractivity contribution < 1.29 is 0 Å². The van der Waals surface area contributed by atoms with Gasteiger partial charge in [0.05, 0.1) is 11.7 Å². The van der Waals surface area contributed by atoms with Crippen molar-refractivity contribution in [2.75, 3.05) is 0 Å². The maximum absolute atomic E-state index is 5.43. The standard InChI is InChI=1S/C6H4.C4HClN2S/c1-2-6-4-3-5(1)6;1-2-3-4(5)7-8-6-3/h1-4H;1H. The largest absolute Gasteiger partial charge is 0.178 e. The molecule has 0 saturated carbocycles. The predicted octanol–water partition coefficient (Wildman–Crippen LogP) is 2.84. The van der Waals surface area contributed by atoms with Crippen molar-refractivity contribution in [2.24, 2.45) is 0 Å². The molecule has 0 radical (unpaired) electrons. The summed E-state index contributed by atoms with van der Waals surface area (Å²) in [6.07, 6.45) is 4.96. The second kappa shape index (κ2) is 3.79. The SMILES string of the molecule is C#Cc1nsnc1Cl.c1cc2ccc1-2. The third-order valence-electron chi connectivity index (χ3n) is 1.80. The van der Waals surface area contributed by atoms with Crippen LogP contribution in [0.15, 0.2) is 24.3 Å². The Kier molecular flexibility index (Phi) is 2.49. The molecule has 2 aliphatic rings. The molecule has 3 rings (SSSR count). The van der Waals surface area contributed by atoms with Crippen molar-refractivity contribution in [3.8, 4) is 23.5 Å². The molecule has 1 aromatic rings. The lowest BCUT2D eigenvalue weighted by atomic mass is 9.95. The Balaban J connectivity index is 0.000000110. The molecule has 14 heavy (non-hydrogen) atoms. The number of nitrogens with zero attached hydrogens (tertiary/aromatic N) is 2. The fourth-order valence-corrected chi connectivity index (χ4v) is 1.59. The van der Waals surface area contributed by atoms with Gasteiger partial charge in [-0.3, -0.25) is 0 Å². The van der Waals surface area contributed by atoms with Crippen LogP contribution in [0.4, 0.5) is 0 Å². The van der Waals surface area contributed by atoms with E-state index in [9.17, 15) is 0 Å².